The first kappa shape index (κ1) is 11.2. The molecule has 0 unspecified atom stereocenters. The Labute approximate surface area is 44.6 Å². The van der Waals surface area contributed by atoms with E-state index in [9.17, 15) is 14.5 Å². The van der Waals surface area contributed by atoms with Crippen molar-refractivity contribution in [1.82, 2.24) is 0 Å². The molecule has 0 aromatic heterocycles. The van der Waals surface area contributed by atoms with Gasteiger partial charge < -0.3 is 9.84 Å². The second kappa shape index (κ2) is 2.75. The van der Waals surface area contributed by atoms with Crippen LogP contribution >= 0.6 is 0 Å². The van der Waals surface area contributed by atoms with Crippen molar-refractivity contribution in [2.45, 2.75) is 0 Å². The first-order chi connectivity index (χ1) is 3.24. The van der Waals surface area contributed by atoms with Crippen LogP contribution in [0.25, 0.3) is 0 Å². The molecule has 0 N–H and O–H groups in total. The summed E-state index contributed by atoms with van der Waals surface area (Å²) < 4.78 is 57.8. The van der Waals surface area contributed by atoms with E-state index in [1.165, 1.54) is 0 Å². The number of rotatable bonds is 0. The van der Waals surface area contributed by atoms with Crippen LogP contribution in [0.4, 0.5) is 19.0 Å². The molecule has 0 rings (SSSR count). The Morgan fingerprint density at radius 3 is 0.750 bits per heavy atom. The molecule has 0 aromatic rings. The predicted molar refractivity (Wildman–Crippen MR) is 12.4 cm³/mol. The molecule has 8 heteroatoms. The summed E-state index contributed by atoms with van der Waals surface area (Å²) in [5, 5.41) is 6.75. The molecular weight excluding hydrogens is 258 g/mol. The van der Waals surface area contributed by atoms with Crippen LogP contribution in [-0.4, -0.2) is 19.6 Å². The van der Waals surface area contributed by atoms with Crippen molar-refractivity contribution in [3.8, 4) is 0 Å². The Kier molecular flexibility index (Phi) is 3.84. The van der Waals surface area contributed by atoms with Gasteiger partial charge >= 0.3 is 34.1 Å². The molecule has 0 heterocycles. The number of hydrogen-bond donors (Lipinski definition) is 0. The number of hydrogen-bond acceptors (Lipinski definition) is 1. The third kappa shape index (κ3) is 1650. The summed E-state index contributed by atoms with van der Waals surface area (Å²) in [6, 6.07) is 0. The average Bonchev–Trinajstić information content (AvgIpc) is 1.33. The molecular formula is F6OTe-. The molecule has 55 valence electrons. The Morgan fingerprint density at radius 2 is 0.750 bits per heavy atom. The molecule has 0 aliphatic heterocycles. The molecule has 8 heavy (non-hydrogen) atoms. The minimum atomic E-state index is -9.12. The first-order valence-electron chi connectivity index (χ1n) is 0.926. The predicted octanol–water partition coefficient (Wildman–Crippen LogP) is 0.951. The molecule has 0 saturated carbocycles. The van der Waals surface area contributed by atoms with Crippen molar-refractivity contribution < 1.29 is 24.3 Å². The molecule has 0 bridgehead atoms. The third-order valence-corrected chi connectivity index (χ3v) is 0. The minimum absolute atomic E-state index is 6.75. The van der Waals surface area contributed by atoms with Gasteiger partial charge in [-0.1, -0.05) is 0 Å². The third-order valence-electron chi connectivity index (χ3n) is 0. The van der Waals surface area contributed by atoms with Gasteiger partial charge in [-0.3, -0.25) is 0 Å². The normalized spacial score (nSPS) is 15.1. The zero-order chi connectivity index (χ0) is 7.45. The van der Waals surface area contributed by atoms with Crippen LogP contribution in [0.1, 0.15) is 0 Å². The molecule has 0 aromatic carbocycles. The smallest absolute Gasteiger partial charge is 0.318 e. The van der Waals surface area contributed by atoms with E-state index in [4.69, 9.17) is 9.84 Å². The molecule has 0 atom stereocenters. The van der Waals surface area contributed by atoms with E-state index in [0.29, 0.717) is 0 Å². The van der Waals surface area contributed by atoms with Gasteiger partial charge in [0, 0.05) is 0 Å². The average molecular weight is 258 g/mol. The molecule has 1 radical (unpaired) electrons. The SMILES string of the molecule is F[Te](F)(F)(F)F.[O-]F. The van der Waals surface area contributed by atoms with Gasteiger partial charge in [0.1, 0.15) is 0 Å². The zero-order valence-corrected chi connectivity index (χ0v) is 5.41. The molecule has 0 spiro atoms. The van der Waals surface area contributed by atoms with Crippen LogP contribution < -0.4 is 5.31 Å². The quantitative estimate of drug-likeness (QED) is 0.468. The van der Waals surface area contributed by atoms with E-state index < -0.39 is 19.6 Å². The van der Waals surface area contributed by atoms with Crippen LogP contribution in [0.5, 0.6) is 0 Å². The Bertz CT molecular complexity index is 41.7. The van der Waals surface area contributed by atoms with Gasteiger partial charge in [0.15, 0.2) is 0 Å². The van der Waals surface area contributed by atoms with Gasteiger partial charge in [-0.25, -0.2) is 0 Å². The Hall–Kier alpha value is 0.330. The van der Waals surface area contributed by atoms with Gasteiger partial charge in [-0.2, -0.15) is 0 Å². The molecule has 0 amide bonds. The summed E-state index contributed by atoms with van der Waals surface area (Å²) in [4.78, 5) is 0. The van der Waals surface area contributed by atoms with E-state index in [2.05, 4.69) is 0 Å². The topological polar surface area (TPSA) is 23.1 Å². The fourth-order valence-electron chi connectivity index (χ4n) is 0. The van der Waals surface area contributed by atoms with Crippen molar-refractivity contribution >= 4 is 19.6 Å². The molecule has 0 aliphatic rings. The monoisotopic (exact) mass is 260 g/mol. The standard InChI is InChI=1S/F5Te.FO/c1-6(2,3,4)5;1-2/q;-1. The summed E-state index contributed by atoms with van der Waals surface area (Å²) >= 11 is -9.12. The number of halogens is 6. The van der Waals surface area contributed by atoms with Gasteiger partial charge in [-0.15, -0.1) is 0 Å². The van der Waals surface area contributed by atoms with Crippen LogP contribution in [0, 0.1) is 0 Å². The minimum Gasteiger partial charge on any atom is -0.682 e. The van der Waals surface area contributed by atoms with Gasteiger partial charge in [0.25, 0.3) is 0 Å². The summed E-state index contributed by atoms with van der Waals surface area (Å²) in [6.45, 7) is 0. The summed E-state index contributed by atoms with van der Waals surface area (Å²) in [5.74, 6) is 0. The zero-order valence-electron chi connectivity index (χ0n) is 3.08. The van der Waals surface area contributed by atoms with Crippen molar-refractivity contribution in [3.05, 3.63) is 0 Å². The fraction of sp³-hybridized carbons (Fsp3) is 0. The van der Waals surface area contributed by atoms with Crippen molar-refractivity contribution in [2.75, 3.05) is 0 Å². The summed E-state index contributed by atoms with van der Waals surface area (Å²) in [5.41, 5.74) is 0. The van der Waals surface area contributed by atoms with Crippen LogP contribution in [0.15, 0.2) is 0 Å². The molecule has 0 aliphatic carbocycles. The van der Waals surface area contributed by atoms with E-state index in [0.717, 1.165) is 0 Å². The van der Waals surface area contributed by atoms with E-state index in [1.807, 2.05) is 0 Å². The Morgan fingerprint density at radius 1 is 0.750 bits per heavy atom. The van der Waals surface area contributed by atoms with E-state index in [-0.39, 0.29) is 0 Å². The van der Waals surface area contributed by atoms with Crippen LogP contribution in [0.3, 0.4) is 0 Å². The van der Waals surface area contributed by atoms with Crippen molar-refractivity contribution in [3.63, 3.8) is 0 Å². The van der Waals surface area contributed by atoms with Gasteiger partial charge in [0.05, 0.1) is 0 Å². The largest absolute Gasteiger partial charge is 0.682 e. The van der Waals surface area contributed by atoms with E-state index in [1.54, 1.807) is 0 Å². The maximum Gasteiger partial charge on any atom is -0.318 e. The van der Waals surface area contributed by atoms with Crippen LogP contribution in [0.2, 0.25) is 0 Å². The second-order valence-corrected chi connectivity index (χ2v) is 3.91. The van der Waals surface area contributed by atoms with Crippen LogP contribution in [-0.2, 0) is 0 Å². The second-order valence-electron chi connectivity index (χ2n) is 0.583. The van der Waals surface area contributed by atoms with Crippen molar-refractivity contribution in [1.29, 1.82) is 0 Å². The van der Waals surface area contributed by atoms with Crippen molar-refractivity contribution in [2.24, 2.45) is 0 Å². The Balaban J connectivity index is 0. The first-order valence-corrected chi connectivity index (χ1v) is 5.33. The molecule has 1 nitrogen and oxygen atoms in total. The fourth-order valence-corrected chi connectivity index (χ4v) is 0. The summed E-state index contributed by atoms with van der Waals surface area (Å²) in [7, 11) is 0. The van der Waals surface area contributed by atoms with Gasteiger partial charge in [0.2, 0.25) is 0 Å². The maximum absolute atomic E-state index is 9.90. The van der Waals surface area contributed by atoms with E-state index >= 15 is 0 Å². The molecule has 0 fully saturated rings. The van der Waals surface area contributed by atoms with Gasteiger partial charge in [-0.05, 0) is 0 Å². The maximum atomic E-state index is 9.90. The molecule has 0 saturated heterocycles. The summed E-state index contributed by atoms with van der Waals surface area (Å²) in [6.07, 6.45) is 0.